The van der Waals surface area contributed by atoms with E-state index < -0.39 is 0 Å². The summed E-state index contributed by atoms with van der Waals surface area (Å²) < 4.78 is 4.58. The second-order valence-electron chi connectivity index (χ2n) is 7.89. The molecule has 38 heavy (non-hydrogen) atoms. The average Bonchev–Trinajstić information content (AvgIpc) is 3.76. The molecule has 0 bridgehead atoms. The number of urea groups is 1. The van der Waals surface area contributed by atoms with Crippen molar-refractivity contribution in [3.8, 4) is 11.3 Å². The van der Waals surface area contributed by atoms with Crippen LogP contribution < -0.4 is 10.6 Å². The summed E-state index contributed by atoms with van der Waals surface area (Å²) in [5, 5.41) is 7.59. The molecule has 0 radical (unpaired) electrons. The van der Waals surface area contributed by atoms with Crippen LogP contribution in [0.1, 0.15) is 25.8 Å². The zero-order valence-electron chi connectivity index (χ0n) is 21.5. The summed E-state index contributed by atoms with van der Waals surface area (Å²) in [6, 6.07) is 12.8. The summed E-state index contributed by atoms with van der Waals surface area (Å²) in [6.45, 7) is 7.13. The van der Waals surface area contributed by atoms with Gasteiger partial charge < -0.3 is 20.0 Å². The summed E-state index contributed by atoms with van der Waals surface area (Å²) in [5.41, 5.74) is 5.30. The highest BCUT2D eigenvalue weighted by molar-refractivity contribution is 5.92. The molecule has 1 aliphatic heterocycles. The number of aryl methyl sites for hydroxylation is 1. The third kappa shape index (κ3) is 6.31. The second-order valence-corrected chi connectivity index (χ2v) is 7.89. The molecule has 11 nitrogen and oxygen atoms in total. The molecule has 11 heteroatoms. The van der Waals surface area contributed by atoms with Crippen LogP contribution in [0.3, 0.4) is 0 Å². The summed E-state index contributed by atoms with van der Waals surface area (Å²) >= 11 is 0. The van der Waals surface area contributed by atoms with E-state index in [9.17, 15) is 4.79 Å². The van der Waals surface area contributed by atoms with Crippen molar-refractivity contribution in [2.45, 2.75) is 27.2 Å². The maximum Gasteiger partial charge on any atom is 0.345 e. The highest BCUT2D eigenvalue weighted by atomic mass is 16.7. The molecule has 2 amide bonds. The highest BCUT2D eigenvalue weighted by Gasteiger charge is 2.20. The molecule has 5 aromatic rings. The van der Waals surface area contributed by atoms with Gasteiger partial charge >= 0.3 is 6.03 Å². The molecule has 0 unspecified atom stereocenters. The second kappa shape index (κ2) is 13.0. The number of hydrogen-bond acceptors (Lipinski definition) is 8. The standard InChI is InChI=1S/C21H20N8O2.C4H4O.C2H6/c1-13-5-6-14(27-21(30)29-8-3-9-31-29)10-16(13)28-19-15(4-2-7-22-19)17-18-20(25-11-23-17)26-12-24-18;1-2-4-5-3-1;1-2/h2,4-7,10-12H,3,8-9H2,1H3,(H,22,28)(H,27,30)(H,23,24,25,26);1-4H;1-2H3. The van der Waals surface area contributed by atoms with E-state index in [1.807, 2.05) is 63.2 Å². The maximum atomic E-state index is 12.3. The Morgan fingerprint density at radius 2 is 1.89 bits per heavy atom. The number of imidazole rings is 1. The molecule has 1 aliphatic rings. The van der Waals surface area contributed by atoms with Gasteiger partial charge in [0, 0.05) is 23.1 Å². The Morgan fingerprint density at radius 1 is 1.05 bits per heavy atom. The third-order valence-corrected chi connectivity index (χ3v) is 5.43. The van der Waals surface area contributed by atoms with Crippen molar-refractivity contribution in [2.24, 2.45) is 0 Å². The van der Waals surface area contributed by atoms with Crippen LogP contribution in [0, 0.1) is 6.92 Å². The van der Waals surface area contributed by atoms with Crippen LogP contribution in [0.2, 0.25) is 0 Å². The van der Waals surface area contributed by atoms with E-state index in [-0.39, 0.29) is 6.03 Å². The van der Waals surface area contributed by atoms with E-state index in [2.05, 4.69) is 40.0 Å². The molecule has 1 saturated heterocycles. The minimum Gasteiger partial charge on any atom is -0.473 e. The number of hydrogen-bond donors (Lipinski definition) is 3. The number of benzene rings is 1. The first kappa shape index (κ1) is 26.3. The van der Waals surface area contributed by atoms with Gasteiger partial charge in [0.15, 0.2) is 5.65 Å². The zero-order valence-corrected chi connectivity index (χ0v) is 21.5. The quantitative estimate of drug-likeness (QED) is 0.268. The van der Waals surface area contributed by atoms with Crippen LogP contribution in [-0.2, 0) is 4.84 Å². The molecular formula is C27H30N8O3. The van der Waals surface area contributed by atoms with Crippen LogP contribution in [0.15, 0.2) is 78.3 Å². The van der Waals surface area contributed by atoms with Crippen molar-refractivity contribution in [2.75, 3.05) is 23.8 Å². The van der Waals surface area contributed by atoms with Crippen molar-refractivity contribution in [3.63, 3.8) is 0 Å². The van der Waals surface area contributed by atoms with Gasteiger partial charge in [-0.25, -0.2) is 29.8 Å². The molecular weight excluding hydrogens is 484 g/mol. The number of H-pyrrole nitrogens is 1. The number of carbonyl (C=O) groups is 1. The first-order valence-corrected chi connectivity index (χ1v) is 12.3. The molecule has 5 heterocycles. The average molecular weight is 515 g/mol. The molecule has 1 aromatic carbocycles. The number of furan rings is 1. The largest absolute Gasteiger partial charge is 0.473 e. The van der Waals surface area contributed by atoms with Crippen molar-refractivity contribution in [3.05, 3.63) is 79.4 Å². The lowest BCUT2D eigenvalue weighted by Gasteiger charge is -2.17. The van der Waals surface area contributed by atoms with Gasteiger partial charge in [-0.05, 0) is 55.3 Å². The highest BCUT2D eigenvalue weighted by Crippen LogP contribution is 2.32. The van der Waals surface area contributed by atoms with Gasteiger partial charge in [0.25, 0.3) is 0 Å². The maximum absolute atomic E-state index is 12.3. The van der Waals surface area contributed by atoms with Crippen molar-refractivity contribution < 1.29 is 14.0 Å². The fourth-order valence-corrected chi connectivity index (χ4v) is 3.65. The van der Waals surface area contributed by atoms with Gasteiger partial charge in [0.2, 0.25) is 0 Å². The van der Waals surface area contributed by atoms with Crippen molar-refractivity contribution >= 4 is 34.4 Å². The van der Waals surface area contributed by atoms with Gasteiger partial charge in [0.05, 0.1) is 32.0 Å². The SMILES string of the molecule is CC.Cc1ccc(NC(=O)N2CCCO2)cc1Nc1ncccc1-c1ncnc2nc[nH]c12.c1ccoc1. The topological polar surface area (TPSA) is 134 Å². The Morgan fingerprint density at radius 3 is 2.63 bits per heavy atom. The molecule has 3 N–H and O–H groups in total. The van der Waals surface area contributed by atoms with Crippen LogP contribution in [0.25, 0.3) is 22.4 Å². The lowest BCUT2D eigenvalue weighted by molar-refractivity contribution is -0.0614. The predicted octanol–water partition coefficient (Wildman–Crippen LogP) is 5.94. The van der Waals surface area contributed by atoms with Crippen LogP contribution in [0.4, 0.5) is 22.0 Å². The van der Waals surface area contributed by atoms with Gasteiger partial charge in [0.1, 0.15) is 23.4 Å². The van der Waals surface area contributed by atoms with Gasteiger partial charge in [-0.1, -0.05) is 19.9 Å². The van der Waals surface area contributed by atoms with Crippen LogP contribution in [0.5, 0.6) is 0 Å². The molecule has 6 rings (SSSR count). The Hall–Kier alpha value is -4.77. The Balaban J connectivity index is 0.000000425. The van der Waals surface area contributed by atoms with Gasteiger partial charge in [-0.3, -0.25) is 4.84 Å². The van der Waals surface area contributed by atoms with E-state index in [0.29, 0.717) is 36.0 Å². The number of fused-ring (bicyclic) bond motifs is 1. The fraction of sp³-hybridized carbons (Fsp3) is 0.222. The Labute approximate surface area is 220 Å². The summed E-state index contributed by atoms with van der Waals surface area (Å²) in [6.07, 6.45) is 8.87. The van der Waals surface area contributed by atoms with Crippen molar-refractivity contribution in [1.29, 1.82) is 0 Å². The van der Waals surface area contributed by atoms with Crippen molar-refractivity contribution in [1.82, 2.24) is 30.0 Å². The number of amides is 2. The smallest absolute Gasteiger partial charge is 0.345 e. The van der Waals surface area contributed by atoms with Crippen LogP contribution >= 0.6 is 0 Å². The van der Waals surface area contributed by atoms with Gasteiger partial charge in [-0.2, -0.15) is 0 Å². The number of rotatable bonds is 4. The molecule has 0 spiro atoms. The number of aromatic amines is 1. The third-order valence-electron chi connectivity index (χ3n) is 5.43. The lowest BCUT2D eigenvalue weighted by atomic mass is 10.1. The van der Waals surface area contributed by atoms with E-state index in [1.54, 1.807) is 25.1 Å². The molecule has 0 aliphatic carbocycles. The molecule has 0 saturated carbocycles. The predicted molar refractivity (Wildman–Crippen MR) is 146 cm³/mol. The number of nitrogens with one attached hydrogen (secondary N) is 3. The molecule has 1 fully saturated rings. The number of aromatic nitrogens is 5. The zero-order chi connectivity index (χ0) is 26.7. The minimum atomic E-state index is -0.284. The molecule has 0 atom stereocenters. The van der Waals surface area contributed by atoms with Gasteiger partial charge in [-0.15, -0.1) is 0 Å². The van der Waals surface area contributed by atoms with E-state index >= 15 is 0 Å². The number of hydroxylamine groups is 2. The number of anilines is 3. The molecule has 4 aromatic heterocycles. The first-order valence-electron chi connectivity index (χ1n) is 12.3. The minimum absolute atomic E-state index is 0.284. The monoisotopic (exact) mass is 514 g/mol. The van der Waals surface area contributed by atoms with E-state index in [1.165, 1.54) is 11.4 Å². The van der Waals surface area contributed by atoms with E-state index in [0.717, 1.165) is 28.8 Å². The lowest BCUT2D eigenvalue weighted by Crippen LogP contribution is -2.31. The Kier molecular flexibility index (Phi) is 8.98. The van der Waals surface area contributed by atoms with Crippen LogP contribution in [-0.4, -0.2) is 49.2 Å². The molecule has 196 valence electrons. The van der Waals surface area contributed by atoms with E-state index in [4.69, 9.17) is 4.84 Å². The summed E-state index contributed by atoms with van der Waals surface area (Å²) in [5.74, 6) is 0.631. The number of nitrogens with zero attached hydrogens (tertiary/aromatic N) is 5. The first-order chi connectivity index (χ1) is 18.7. The summed E-state index contributed by atoms with van der Waals surface area (Å²) in [4.78, 5) is 38.1. The summed E-state index contributed by atoms with van der Waals surface area (Å²) in [7, 11) is 0. The number of carbonyl (C=O) groups excluding carboxylic acids is 1. The normalized spacial score (nSPS) is 12.2. The fourth-order valence-electron chi connectivity index (χ4n) is 3.65. The Bertz CT molecular complexity index is 1430. The number of pyridine rings is 1.